The van der Waals surface area contributed by atoms with Gasteiger partial charge in [-0.1, -0.05) is 47.0 Å². The van der Waals surface area contributed by atoms with Gasteiger partial charge in [0.15, 0.2) is 0 Å². The van der Waals surface area contributed by atoms with Gasteiger partial charge in [0.05, 0.1) is 0 Å². The summed E-state index contributed by atoms with van der Waals surface area (Å²) in [6, 6.07) is 0. The van der Waals surface area contributed by atoms with Crippen molar-refractivity contribution in [3.8, 4) is 0 Å². The molecule has 0 heterocycles. The maximum atomic E-state index is 2.45. The highest BCUT2D eigenvalue weighted by atomic mass is 14.5. The lowest BCUT2D eigenvalue weighted by atomic mass is 9.57. The number of rotatable bonds is 4. The van der Waals surface area contributed by atoms with Gasteiger partial charge in [-0.3, -0.25) is 0 Å². The molecule has 2 unspecified atom stereocenters. The van der Waals surface area contributed by atoms with Gasteiger partial charge in [-0.15, -0.1) is 0 Å². The Hall–Kier alpha value is 0. The van der Waals surface area contributed by atoms with E-state index < -0.39 is 0 Å². The molecule has 12 heavy (non-hydrogen) atoms. The zero-order valence-electron chi connectivity index (χ0n) is 9.19. The molecule has 1 fully saturated rings. The van der Waals surface area contributed by atoms with Crippen LogP contribution in [-0.4, -0.2) is 0 Å². The van der Waals surface area contributed by atoms with Crippen molar-refractivity contribution in [3.05, 3.63) is 0 Å². The van der Waals surface area contributed by atoms with Gasteiger partial charge in [-0.05, 0) is 30.1 Å². The van der Waals surface area contributed by atoms with Gasteiger partial charge in [-0.25, -0.2) is 0 Å². The second-order valence-corrected chi connectivity index (χ2v) is 5.25. The zero-order chi connectivity index (χ0) is 9.19. The van der Waals surface area contributed by atoms with Crippen LogP contribution in [0.15, 0.2) is 0 Å². The van der Waals surface area contributed by atoms with E-state index >= 15 is 0 Å². The van der Waals surface area contributed by atoms with Gasteiger partial charge < -0.3 is 0 Å². The van der Waals surface area contributed by atoms with E-state index in [-0.39, 0.29) is 0 Å². The van der Waals surface area contributed by atoms with Gasteiger partial charge >= 0.3 is 0 Å². The SMILES string of the molecule is CCCCC(C)C1CCC1(C)C. The fourth-order valence-corrected chi connectivity index (χ4v) is 2.67. The molecule has 1 rings (SSSR count). The molecule has 0 heteroatoms. The van der Waals surface area contributed by atoms with Crippen LogP contribution in [0.4, 0.5) is 0 Å². The summed E-state index contributed by atoms with van der Waals surface area (Å²) in [6.07, 6.45) is 7.17. The summed E-state index contributed by atoms with van der Waals surface area (Å²) in [7, 11) is 0. The molecule has 0 nitrogen and oxygen atoms in total. The lowest BCUT2D eigenvalue weighted by molar-refractivity contribution is 0.0225. The molecule has 2 atom stereocenters. The van der Waals surface area contributed by atoms with Gasteiger partial charge in [0.2, 0.25) is 0 Å². The monoisotopic (exact) mass is 168 g/mol. The third kappa shape index (κ3) is 2.02. The molecule has 0 aromatic rings. The summed E-state index contributed by atoms with van der Waals surface area (Å²) < 4.78 is 0. The van der Waals surface area contributed by atoms with E-state index in [0.717, 1.165) is 11.8 Å². The fraction of sp³-hybridized carbons (Fsp3) is 1.00. The molecular formula is C12H24. The highest BCUT2D eigenvalue weighted by Gasteiger charge is 2.40. The Bertz CT molecular complexity index is 135. The molecule has 0 radical (unpaired) electrons. The van der Waals surface area contributed by atoms with Crippen LogP contribution in [0.25, 0.3) is 0 Å². The van der Waals surface area contributed by atoms with E-state index in [1.54, 1.807) is 0 Å². The third-order valence-corrected chi connectivity index (χ3v) is 3.80. The summed E-state index contributed by atoms with van der Waals surface area (Å²) in [6.45, 7) is 9.60. The van der Waals surface area contributed by atoms with E-state index in [0.29, 0.717) is 5.41 Å². The molecule has 0 amide bonds. The van der Waals surface area contributed by atoms with Crippen molar-refractivity contribution in [1.29, 1.82) is 0 Å². The Morgan fingerprint density at radius 2 is 2.08 bits per heavy atom. The minimum Gasteiger partial charge on any atom is -0.0654 e. The van der Waals surface area contributed by atoms with E-state index in [4.69, 9.17) is 0 Å². The summed E-state index contributed by atoms with van der Waals surface area (Å²) in [4.78, 5) is 0. The summed E-state index contributed by atoms with van der Waals surface area (Å²) >= 11 is 0. The van der Waals surface area contributed by atoms with Crippen molar-refractivity contribution < 1.29 is 0 Å². The molecule has 0 aromatic carbocycles. The van der Waals surface area contributed by atoms with Crippen molar-refractivity contribution in [1.82, 2.24) is 0 Å². The predicted octanol–water partition coefficient (Wildman–Crippen LogP) is 4.25. The second-order valence-electron chi connectivity index (χ2n) is 5.25. The van der Waals surface area contributed by atoms with Crippen molar-refractivity contribution in [2.75, 3.05) is 0 Å². The molecule has 72 valence electrons. The smallest absolute Gasteiger partial charge is 0.0323 e. The minimum absolute atomic E-state index is 0.660. The van der Waals surface area contributed by atoms with E-state index in [1.165, 1.54) is 32.1 Å². The van der Waals surface area contributed by atoms with E-state index in [2.05, 4.69) is 27.7 Å². The summed E-state index contributed by atoms with van der Waals surface area (Å²) in [5.74, 6) is 1.98. The first kappa shape index (κ1) is 10.1. The third-order valence-electron chi connectivity index (χ3n) is 3.80. The number of hydrogen-bond acceptors (Lipinski definition) is 0. The minimum atomic E-state index is 0.660. The first-order chi connectivity index (χ1) is 5.58. The fourth-order valence-electron chi connectivity index (χ4n) is 2.67. The molecule has 0 bridgehead atoms. The van der Waals surface area contributed by atoms with Crippen molar-refractivity contribution in [2.24, 2.45) is 17.3 Å². The normalized spacial score (nSPS) is 29.5. The Morgan fingerprint density at radius 1 is 1.42 bits per heavy atom. The molecule has 0 aliphatic heterocycles. The molecule has 1 saturated carbocycles. The van der Waals surface area contributed by atoms with Gasteiger partial charge in [0.1, 0.15) is 0 Å². The summed E-state index contributed by atoms with van der Waals surface area (Å²) in [5, 5.41) is 0. The Balaban J connectivity index is 2.28. The predicted molar refractivity (Wildman–Crippen MR) is 55.2 cm³/mol. The van der Waals surface area contributed by atoms with Gasteiger partial charge in [0, 0.05) is 0 Å². The molecule has 1 aliphatic carbocycles. The molecular weight excluding hydrogens is 144 g/mol. The van der Waals surface area contributed by atoms with Crippen LogP contribution in [-0.2, 0) is 0 Å². The van der Waals surface area contributed by atoms with E-state index in [9.17, 15) is 0 Å². The highest BCUT2D eigenvalue weighted by Crippen LogP contribution is 2.50. The largest absolute Gasteiger partial charge is 0.0654 e. The first-order valence-corrected chi connectivity index (χ1v) is 5.58. The maximum absolute atomic E-state index is 2.45. The van der Waals surface area contributed by atoms with Gasteiger partial charge in [0.25, 0.3) is 0 Å². The quantitative estimate of drug-likeness (QED) is 0.588. The lowest BCUT2D eigenvalue weighted by Gasteiger charge is -2.48. The average molecular weight is 168 g/mol. The highest BCUT2D eigenvalue weighted by molar-refractivity contribution is 4.90. The van der Waals surface area contributed by atoms with Crippen LogP contribution in [0.1, 0.15) is 59.8 Å². The first-order valence-electron chi connectivity index (χ1n) is 5.58. The number of hydrogen-bond donors (Lipinski definition) is 0. The lowest BCUT2D eigenvalue weighted by Crippen LogP contribution is -2.38. The number of unbranched alkanes of at least 4 members (excludes halogenated alkanes) is 1. The second kappa shape index (κ2) is 3.81. The van der Waals surface area contributed by atoms with Crippen molar-refractivity contribution in [2.45, 2.75) is 59.8 Å². The molecule has 0 N–H and O–H groups in total. The summed E-state index contributed by atoms with van der Waals surface area (Å²) in [5.41, 5.74) is 0.660. The Morgan fingerprint density at radius 3 is 2.42 bits per heavy atom. The van der Waals surface area contributed by atoms with Crippen LogP contribution in [0.3, 0.4) is 0 Å². The molecule has 0 spiro atoms. The van der Waals surface area contributed by atoms with Gasteiger partial charge in [-0.2, -0.15) is 0 Å². The van der Waals surface area contributed by atoms with Crippen LogP contribution in [0, 0.1) is 17.3 Å². The van der Waals surface area contributed by atoms with Crippen molar-refractivity contribution >= 4 is 0 Å². The topological polar surface area (TPSA) is 0 Å². The maximum Gasteiger partial charge on any atom is -0.0323 e. The van der Waals surface area contributed by atoms with Crippen LogP contribution >= 0.6 is 0 Å². The van der Waals surface area contributed by atoms with E-state index in [1.807, 2.05) is 0 Å². The van der Waals surface area contributed by atoms with Crippen LogP contribution in [0.5, 0.6) is 0 Å². The zero-order valence-corrected chi connectivity index (χ0v) is 9.19. The average Bonchev–Trinajstić information content (AvgIpc) is 1.99. The Labute approximate surface area is 77.7 Å². The molecule has 0 aromatic heterocycles. The van der Waals surface area contributed by atoms with Crippen molar-refractivity contribution in [3.63, 3.8) is 0 Å². The Kier molecular flexibility index (Phi) is 3.20. The van der Waals surface area contributed by atoms with Crippen LogP contribution < -0.4 is 0 Å². The standard InChI is InChI=1S/C12H24/c1-5-6-7-10(2)11-8-9-12(11,3)4/h10-11H,5-9H2,1-4H3. The molecule has 1 aliphatic rings. The molecule has 0 saturated heterocycles. The van der Waals surface area contributed by atoms with Crippen LogP contribution in [0.2, 0.25) is 0 Å².